The molecular weight excluding hydrogens is 280 g/mol. The molecule has 6 heteroatoms. The molecule has 1 atom stereocenters. The molecule has 2 heterocycles. The molecule has 0 amide bonds. The lowest BCUT2D eigenvalue weighted by atomic mass is 9.96. The number of halogens is 1. The topological polar surface area (TPSA) is 27.7 Å². The Balaban J connectivity index is 0.00000176. The summed E-state index contributed by atoms with van der Waals surface area (Å²) < 4.78 is 5.77. The molecule has 2 aliphatic rings. The van der Waals surface area contributed by atoms with Crippen LogP contribution in [0, 0.1) is 0 Å². The first-order valence-corrected chi connectivity index (χ1v) is 8.17. The highest BCUT2D eigenvalue weighted by molar-refractivity contribution is 6.32. The molecule has 122 valence electrons. The van der Waals surface area contributed by atoms with Gasteiger partial charge in [0.05, 0.1) is 12.7 Å². The highest BCUT2D eigenvalue weighted by Gasteiger charge is 2.19. The van der Waals surface area contributed by atoms with Crippen LogP contribution in [0.25, 0.3) is 0 Å². The van der Waals surface area contributed by atoms with Crippen LogP contribution in [0.15, 0.2) is 24.3 Å². The van der Waals surface area contributed by atoms with E-state index in [1.165, 1.54) is 11.2 Å². The van der Waals surface area contributed by atoms with Crippen LogP contribution in [-0.2, 0) is 4.74 Å². The number of rotatable bonds is 4. The zero-order chi connectivity index (χ0) is 14.5. The summed E-state index contributed by atoms with van der Waals surface area (Å²) in [5.41, 5.74) is 2.69. The van der Waals surface area contributed by atoms with Gasteiger partial charge in [0.15, 0.2) is 0 Å². The highest BCUT2D eigenvalue weighted by atomic mass is 19.0. The zero-order valence-electron chi connectivity index (χ0n) is 13.5. The quantitative estimate of drug-likeness (QED) is 0.766. The maximum Gasteiger partial charge on any atom is 0.139 e. The van der Waals surface area contributed by atoms with E-state index in [9.17, 15) is 0 Å². The first-order valence-electron chi connectivity index (χ1n) is 8.17. The standard InChI is InChI=1S/C16H26BN3O.FH/c17-14-1-3-15(4-2-14)20-10-8-19(9-11-20)7-5-16-13-18-6-12-21-16;/h1-4,16,18H,5-13,17H2;1H. The van der Waals surface area contributed by atoms with E-state index in [4.69, 9.17) is 4.74 Å². The summed E-state index contributed by atoms with van der Waals surface area (Å²) in [6.07, 6.45) is 1.56. The fourth-order valence-corrected chi connectivity index (χ4v) is 3.12. The van der Waals surface area contributed by atoms with E-state index >= 15 is 0 Å². The molecule has 1 unspecified atom stereocenters. The molecule has 0 spiro atoms. The molecule has 2 saturated heterocycles. The smallest absolute Gasteiger partial charge is 0.139 e. The van der Waals surface area contributed by atoms with E-state index in [1.807, 2.05) is 0 Å². The predicted octanol–water partition coefficient (Wildman–Crippen LogP) is -0.402. The number of benzene rings is 1. The van der Waals surface area contributed by atoms with Gasteiger partial charge in [-0.05, 0) is 18.6 Å². The van der Waals surface area contributed by atoms with Crippen LogP contribution in [0.1, 0.15) is 6.42 Å². The number of hydrogen-bond acceptors (Lipinski definition) is 4. The second kappa shape index (κ2) is 8.51. The van der Waals surface area contributed by atoms with Gasteiger partial charge in [0.25, 0.3) is 0 Å². The SMILES string of the molecule is Bc1ccc(N2CCN(CCC3CNCCO3)CC2)cc1.F. The second-order valence-corrected chi connectivity index (χ2v) is 6.15. The summed E-state index contributed by atoms with van der Waals surface area (Å²) in [6.45, 7) is 8.64. The summed E-state index contributed by atoms with van der Waals surface area (Å²) in [4.78, 5) is 5.07. The highest BCUT2D eigenvalue weighted by Crippen LogP contribution is 2.15. The molecule has 22 heavy (non-hydrogen) atoms. The predicted molar refractivity (Wildman–Crippen MR) is 93.0 cm³/mol. The molecule has 3 rings (SSSR count). The van der Waals surface area contributed by atoms with Crippen molar-refractivity contribution in [3.63, 3.8) is 0 Å². The third-order valence-electron chi connectivity index (χ3n) is 4.54. The van der Waals surface area contributed by atoms with Gasteiger partial charge in [-0.3, -0.25) is 9.60 Å². The fourth-order valence-electron chi connectivity index (χ4n) is 3.12. The average molecular weight is 307 g/mol. The van der Waals surface area contributed by atoms with Crippen molar-refractivity contribution in [3.8, 4) is 0 Å². The van der Waals surface area contributed by atoms with Crippen molar-refractivity contribution in [2.75, 3.05) is 57.3 Å². The Morgan fingerprint density at radius 1 is 1.14 bits per heavy atom. The van der Waals surface area contributed by atoms with Gasteiger partial charge in [-0.25, -0.2) is 0 Å². The van der Waals surface area contributed by atoms with Crippen LogP contribution in [0.2, 0.25) is 0 Å². The molecule has 2 aliphatic heterocycles. The van der Waals surface area contributed by atoms with Crippen LogP contribution in [0.5, 0.6) is 0 Å². The number of hydrogen-bond donors (Lipinski definition) is 1. The van der Waals surface area contributed by atoms with Gasteiger partial charge in [0.2, 0.25) is 0 Å². The number of nitrogens with one attached hydrogen (secondary N) is 1. The van der Waals surface area contributed by atoms with Crippen molar-refractivity contribution in [3.05, 3.63) is 24.3 Å². The summed E-state index contributed by atoms with van der Waals surface area (Å²) in [7, 11) is 2.14. The molecule has 1 aromatic carbocycles. The van der Waals surface area contributed by atoms with Crippen molar-refractivity contribution in [1.82, 2.24) is 10.2 Å². The lowest BCUT2D eigenvalue weighted by Crippen LogP contribution is -2.48. The molecule has 1 N–H and O–H groups in total. The van der Waals surface area contributed by atoms with Crippen LogP contribution >= 0.6 is 0 Å². The molecule has 4 nitrogen and oxygen atoms in total. The number of morpholine rings is 1. The molecule has 0 bridgehead atoms. The van der Waals surface area contributed by atoms with Gasteiger partial charge in [-0.1, -0.05) is 17.6 Å². The molecule has 2 fully saturated rings. The minimum Gasteiger partial charge on any atom is -0.376 e. The normalized spacial score (nSPS) is 23.1. The molecule has 1 aromatic rings. The number of ether oxygens (including phenoxy) is 1. The third kappa shape index (κ3) is 4.70. The fraction of sp³-hybridized carbons (Fsp3) is 0.625. The summed E-state index contributed by atoms with van der Waals surface area (Å²) in [5.74, 6) is 0. The maximum atomic E-state index is 5.77. The van der Waals surface area contributed by atoms with Crippen LogP contribution in [-0.4, -0.2) is 71.3 Å². The van der Waals surface area contributed by atoms with Crippen molar-refractivity contribution in [2.45, 2.75) is 12.5 Å². The van der Waals surface area contributed by atoms with Crippen molar-refractivity contribution in [1.29, 1.82) is 0 Å². The van der Waals surface area contributed by atoms with E-state index in [-0.39, 0.29) is 4.70 Å². The Labute approximate surface area is 133 Å². The van der Waals surface area contributed by atoms with Gasteiger partial charge in [-0.2, -0.15) is 0 Å². The Morgan fingerprint density at radius 3 is 2.50 bits per heavy atom. The van der Waals surface area contributed by atoms with Gasteiger partial charge < -0.3 is 15.0 Å². The van der Waals surface area contributed by atoms with Gasteiger partial charge in [0, 0.05) is 51.5 Å². The van der Waals surface area contributed by atoms with Crippen LogP contribution in [0.4, 0.5) is 10.4 Å². The van der Waals surface area contributed by atoms with E-state index in [0.29, 0.717) is 6.10 Å². The lowest BCUT2D eigenvalue weighted by molar-refractivity contribution is 0.0171. The van der Waals surface area contributed by atoms with Crippen LogP contribution < -0.4 is 15.7 Å². The second-order valence-electron chi connectivity index (χ2n) is 6.15. The lowest BCUT2D eigenvalue weighted by Gasteiger charge is -2.37. The first kappa shape index (κ1) is 17.3. The Bertz CT molecular complexity index is 432. The monoisotopic (exact) mass is 307 g/mol. The maximum absolute atomic E-state index is 5.77. The molecular formula is C16H27BFN3O. The van der Waals surface area contributed by atoms with Crippen molar-refractivity contribution < 1.29 is 9.44 Å². The van der Waals surface area contributed by atoms with E-state index < -0.39 is 0 Å². The molecule has 0 saturated carbocycles. The molecule has 0 aromatic heterocycles. The van der Waals surface area contributed by atoms with Crippen LogP contribution in [0.3, 0.4) is 0 Å². The summed E-state index contributed by atoms with van der Waals surface area (Å²) in [6, 6.07) is 8.89. The van der Waals surface area contributed by atoms with E-state index in [2.05, 4.69) is 47.2 Å². The van der Waals surface area contributed by atoms with Gasteiger partial charge in [-0.15, -0.1) is 0 Å². The van der Waals surface area contributed by atoms with Gasteiger partial charge >= 0.3 is 0 Å². The van der Waals surface area contributed by atoms with E-state index in [1.54, 1.807) is 0 Å². The number of nitrogens with zero attached hydrogens (tertiary/aromatic N) is 2. The Kier molecular flexibility index (Phi) is 6.67. The first-order chi connectivity index (χ1) is 10.3. The summed E-state index contributed by atoms with van der Waals surface area (Å²) >= 11 is 0. The zero-order valence-corrected chi connectivity index (χ0v) is 13.5. The third-order valence-corrected chi connectivity index (χ3v) is 4.54. The number of piperazine rings is 1. The van der Waals surface area contributed by atoms with Crippen molar-refractivity contribution in [2.24, 2.45) is 0 Å². The Hall–Kier alpha value is -1.11. The minimum absolute atomic E-state index is 0. The van der Waals surface area contributed by atoms with Gasteiger partial charge in [0.1, 0.15) is 7.85 Å². The largest absolute Gasteiger partial charge is 0.376 e. The minimum atomic E-state index is 0. The van der Waals surface area contributed by atoms with E-state index in [0.717, 1.165) is 58.8 Å². The average Bonchev–Trinajstić information content (AvgIpc) is 2.55. The number of anilines is 1. The Morgan fingerprint density at radius 2 is 1.86 bits per heavy atom. The van der Waals surface area contributed by atoms with Crippen molar-refractivity contribution >= 4 is 19.0 Å². The molecule has 0 aliphatic carbocycles. The molecule has 0 radical (unpaired) electrons. The summed E-state index contributed by atoms with van der Waals surface area (Å²) in [5, 5.41) is 3.40.